The van der Waals surface area contributed by atoms with Crippen LogP contribution in [0.25, 0.3) is 11.1 Å². The van der Waals surface area contributed by atoms with E-state index in [9.17, 15) is 9.59 Å². The highest BCUT2D eigenvalue weighted by Crippen LogP contribution is 2.19. The van der Waals surface area contributed by atoms with Crippen molar-refractivity contribution in [1.29, 1.82) is 0 Å². The van der Waals surface area contributed by atoms with Crippen LogP contribution in [-0.4, -0.2) is 22.1 Å². The van der Waals surface area contributed by atoms with Crippen LogP contribution >= 0.6 is 0 Å². The van der Waals surface area contributed by atoms with E-state index in [0.717, 1.165) is 16.7 Å². The molecule has 0 unspecified atom stereocenters. The summed E-state index contributed by atoms with van der Waals surface area (Å²) in [7, 11) is 0. The molecule has 1 aromatic carbocycles. The highest BCUT2D eigenvalue weighted by Gasteiger charge is 2.12. The summed E-state index contributed by atoms with van der Waals surface area (Å²) >= 11 is 0. The molecular formula is C14H14N2O3. The molecule has 0 radical (unpaired) electrons. The van der Waals surface area contributed by atoms with E-state index in [-0.39, 0.29) is 12.0 Å². The number of carboxylic acids is 1. The number of nitrogens with one attached hydrogen (secondary N) is 1. The van der Waals surface area contributed by atoms with Crippen LogP contribution in [0.1, 0.15) is 5.56 Å². The minimum Gasteiger partial charge on any atom is -0.480 e. The van der Waals surface area contributed by atoms with Crippen molar-refractivity contribution in [3.63, 3.8) is 0 Å². The van der Waals surface area contributed by atoms with E-state index < -0.39 is 12.0 Å². The van der Waals surface area contributed by atoms with Gasteiger partial charge in [0.25, 0.3) is 0 Å². The Balaban J connectivity index is 2.26. The van der Waals surface area contributed by atoms with Crippen molar-refractivity contribution in [2.24, 2.45) is 5.73 Å². The molecule has 2 aromatic rings. The molecule has 0 aliphatic carbocycles. The number of hydrogen-bond acceptors (Lipinski definition) is 3. The molecule has 1 heterocycles. The highest BCUT2D eigenvalue weighted by molar-refractivity contribution is 5.73. The molecule has 0 spiro atoms. The Kier molecular flexibility index (Phi) is 3.77. The third kappa shape index (κ3) is 3.29. The second kappa shape index (κ2) is 5.49. The number of H-pyrrole nitrogens is 1. The van der Waals surface area contributed by atoms with Gasteiger partial charge < -0.3 is 15.8 Å². The van der Waals surface area contributed by atoms with Crippen LogP contribution in [0.3, 0.4) is 0 Å². The lowest BCUT2D eigenvalue weighted by Gasteiger charge is -2.08. The van der Waals surface area contributed by atoms with Gasteiger partial charge in [-0.2, -0.15) is 0 Å². The quantitative estimate of drug-likeness (QED) is 0.762. The first kappa shape index (κ1) is 13.0. The van der Waals surface area contributed by atoms with Crippen LogP contribution < -0.4 is 11.3 Å². The Hall–Kier alpha value is -2.40. The normalized spacial score (nSPS) is 12.1. The minimum atomic E-state index is -1.02. The van der Waals surface area contributed by atoms with Gasteiger partial charge in [0.1, 0.15) is 6.04 Å². The van der Waals surface area contributed by atoms with Crippen LogP contribution in [0, 0.1) is 0 Å². The number of aliphatic carboxylic acids is 1. The molecule has 0 bridgehead atoms. The lowest BCUT2D eigenvalue weighted by Crippen LogP contribution is -2.32. The van der Waals surface area contributed by atoms with E-state index in [2.05, 4.69) is 4.98 Å². The fourth-order valence-electron chi connectivity index (χ4n) is 1.81. The third-order valence-corrected chi connectivity index (χ3v) is 2.82. The number of benzene rings is 1. The summed E-state index contributed by atoms with van der Waals surface area (Å²) in [6.45, 7) is 0. The van der Waals surface area contributed by atoms with Crippen LogP contribution in [0.5, 0.6) is 0 Å². The minimum absolute atomic E-state index is 0.159. The maximum absolute atomic E-state index is 11.0. The van der Waals surface area contributed by atoms with E-state index in [1.54, 1.807) is 12.3 Å². The lowest BCUT2D eigenvalue weighted by molar-refractivity contribution is -0.138. The number of hydrogen-bond donors (Lipinski definition) is 3. The predicted molar refractivity (Wildman–Crippen MR) is 71.8 cm³/mol. The van der Waals surface area contributed by atoms with Crippen molar-refractivity contribution in [3.05, 3.63) is 58.5 Å². The van der Waals surface area contributed by atoms with Gasteiger partial charge in [0.2, 0.25) is 5.56 Å². The average Bonchev–Trinajstić information content (AvgIpc) is 2.39. The van der Waals surface area contributed by atoms with Gasteiger partial charge in [0.05, 0.1) is 0 Å². The highest BCUT2D eigenvalue weighted by atomic mass is 16.4. The van der Waals surface area contributed by atoms with Crippen molar-refractivity contribution in [2.45, 2.75) is 12.5 Å². The SMILES string of the molecule is N[C@@H](Cc1cccc(-c2ccc(=O)[nH]c2)c1)C(=O)O. The maximum atomic E-state index is 11.0. The number of aromatic nitrogens is 1. The molecule has 19 heavy (non-hydrogen) atoms. The average molecular weight is 258 g/mol. The molecule has 5 heteroatoms. The Bertz CT molecular complexity index is 629. The molecule has 5 nitrogen and oxygen atoms in total. The molecule has 98 valence electrons. The van der Waals surface area contributed by atoms with Crippen LogP contribution in [0.15, 0.2) is 47.4 Å². The standard InChI is InChI=1S/C14H14N2O3/c15-12(14(18)19)7-9-2-1-3-10(6-9)11-4-5-13(17)16-8-11/h1-6,8,12H,7,15H2,(H,16,17)(H,18,19)/t12-/m0/s1. The second-order valence-corrected chi connectivity index (χ2v) is 4.29. The predicted octanol–water partition coefficient (Wildman–Crippen LogP) is 0.996. The Labute approximate surface area is 109 Å². The molecular weight excluding hydrogens is 244 g/mol. The van der Waals surface area contributed by atoms with E-state index in [1.165, 1.54) is 6.07 Å². The molecule has 0 saturated heterocycles. The number of aromatic amines is 1. The molecule has 0 aliphatic heterocycles. The van der Waals surface area contributed by atoms with Crippen LogP contribution in [-0.2, 0) is 11.2 Å². The lowest BCUT2D eigenvalue weighted by atomic mass is 10.0. The van der Waals surface area contributed by atoms with E-state index in [0.29, 0.717) is 0 Å². The fourth-order valence-corrected chi connectivity index (χ4v) is 1.81. The molecule has 0 aliphatic rings. The van der Waals surface area contributed by atoms with Crippen molar-refractivity contribution in [1.82, 2.24) is 4.98 Å². The summed E-state index contributed by atoms with van der Waals surface area (Å²) < 4.78 is 0. The number of pyridine rings is 1. The molecule has 0 amide bonds. The number of carbonyl (C=O) groups is 1. The zero-order chi connectivity index (χ0) is 13.8. The van der Waals surface area contributed by atoms with Gasteiger partial charge >= 0.3 is 5.97 Å². The number of rotatable bonds is 4. The molecule has 1 atom stereocenters. The first-order valence-electron chi connectivity index (χ1n) is 5.83. The molecule has 4 N–H and O–H groups in total. The second-order valence-electron chi connectivity index (χ2n) is 4.29. The molecule has 0 fully saturated rings. The largest absolute Gasteiger partial charge is 0.480 e. The van der Waals surface area contributed by atoms with Gasteiger partial charge in [-0.25, -0.2) is 0 Å². The Morgan fingerprint density at radius 1 is 1.26 bits per heavy atom. The molecule has 1 aromatic heterocycles. The summed E-state index contributed by atoms with van der Waals surface area (Å²) in [6.07, 6.45) is 1.89. The third-order valence-electron chi connectivity index (χ3n) is 2.82. The van der Waals surface area contributed by atoms with Gasteiger partial charge in [-0.3, -0.25) is 9.59 Å². The van der Waals surface area contributed by atoms with Crippen LogP contribution in [0.4, 0.5) is 0 Å². The topological polar surface area (TPSA) is 96.2 Å². The van der Waals surface area contributed by atoms with Gasteiger partial charge in [0, 0.05) is 12.3 Å². The Morgan fingerprint density at radius 2 is 2.05 bits per heavy atom. The van der Waals surface area contributed by atoms with Crippen molar-refractivity contribution in [3.8, 4) is 11.1 Å². The van der Waals surface area contributed by atoms with Gasteiger partial charge in [0.15, 0.2) is 0 Å². The first-order valence-corrected chi connectivity index (χ1v) is 5.83. The summed E-state index contributed by atoms with van der Waals surface area (Å²) in [5.41, 5.74) is 7.97. The molecule has 2 rings (SSSR count). The van der Waals surface area contributed by atoms with E-state index >= 15 is 0 Å². The van der Waals surface area contributed by atoms with Gasteiger partial charge in [-0.15, -0.1) is 0 Å². The van der Waals surface area contributed by atoms with Gasteiger partial charge in [-0.05, 0) is 29.2 Å². The molecule has 0 saturated carbocycles. The van der Waals surface area contributed by atoms with E-state index in [4.69, 9.17) is 10.8 Å². The van der Waals surface area contributed by atoms with Crippen molar-refractivity contribution < 1.29 is 9.90 Å². The number of carboxylic acid groups (broad SMARTS) is 1. The smallest absolute Gasteiger partial charge is 0.320 e. The van der Waals surface area contributed by atoms with Crippen LogP contribution in [0.2, 0.25) is 0 Å². The zero-order valence-electron chi connectivity index (χ0n) is 10.2. The maximum Gasteiger partial charge on any atom is 0.320 e. The summed E-state index contributed by atoms with van der Waals surface area (Å²) in [5.74, 6) is -1.02. The van der Waals surface area contributed by atoms with Gasteiger partial charge in [-0.1, -0.05) is 24.3 Å². The summed E-state index contributed by atoms with van der Waals surface area (Å²) in [5, 5.41) is 8.80. The summed E-state index contributed by atoms with van der Waals surface area (Å²) in [4.78, 5) is 24.3. The Morgan fingerprint density at radius 3 is 2.68 bits per heavy atom. The van der Waals surface area contributed by atoms with E-state index in [1.807, 2.05) is 24.3 Å². The monoisotopic (exact) mass is 258 g/mol. The van der Waals surface area contributed by atoms with Crippen molar-refractivity contribution >= 4 is 5.97 Å². The first-order chi connectivity index (χ1) is 9.06. The van der Waals surface area contributed by atoms with Crippen molar-refractivity contribution in [2.75, 3.05) is 0 Å². The number of nitrogens with two attached hydrogens (primary N) is 1. The fraction of sp³-hybridized carbons (Fsp3) is 0.143. The summed E-state index contributed by atoms with van der Waals surface area (Å²) in [6, 6.07) is 9.69. The zero-order valence-corrected chi connectivity index (χ0v) is 10.2.